The minimum atomic E-state index is 0.114. The number of anilines is 1. The molecule has 1 saturated heterocycles. The summed E-state index contributed by atoms with van der Waals surface area (Å²) in [5, 5.41) is 18.3. The molecule has 1 saturated carbocycles. The summed E-state index contributed by atoms with van der Waals surface area (Å²) >= 11 is 0. The molecular formula is C32H37N7O3. The number of nitrogens with two attached hydrogens (primary N) is 1. The Labute approximate surface area is 245 Å². The highest BCUT2D eigenvalue weighted by Crippen LogP contribution is 2.35. The standard InChI is InChI=1S/C32H37N7O3/c1-4-20-13-24(40)9-10-27(20)37-31(33)26-17-36-39-18-22(25-16-34-29(42-3)12-19(25)2)14-28(39)30(26)35-15-23-6-5-11-38(23)32(41)21-7-8-21/h9-10,12-14,16-18,21,23,35,40H,4-8,11,15H2,1-3H3,(H2,33,37)/t23-/m0/s1. The number of aryl methyl sites for hydroxylation is 2. The Kier molecular flexibility index (Phi) is 7.45. The Bertz CT molecular complexity index is 1670. The van der Waals surface area contributed by atoms with Gasteiger partial charge in [0.15, 0.2) is 0 Å². The van der Waals surface area contributed by atoms with Crippen LogP contribution in [-0.4, -0.2) is 62.6 Å². The predicted molar refractivity (Wildman–Crippen MR) is 164 cm³/mol. The smallest absolute Gasteiger partial charge is 0.225 e. The number of carbonyl (C=O) groups excluding carboxylic acids is 1. The topological polar surface area (TPSA) is 130 Å². The van der Waals surface area contributed by atoms with Crippen LogP contribution in [0.5, 0.6) is 11.6 Å². The number of benzene rings is 1. The second-order valence-electron chi connectivity index (χ2n) is 11.2. The number of aromatic hydroxyl groups is 1. The molecule has 218 valence electrons. The minimum Gasteiger partial charge on any atom is -0.508 e. The Morgan fingerprint density at radius 2 is 2.05 bits per heavy atom. The van der Waals surface area contributed by atoms with E-state index in [4.69, 9.17) is 20.6 Å². The van der Waals surface area contributed by atoms with E-state index < -0.39 is 0 Å². The number of rotatable bonds is 9. The van der Waals surface area contributed by atoms with E-state index >= 15 is 0 Å². The molecular weight excluding hydrogens is 530 g/mol. The first-order valence-electron chi connectivity index (χ1n) is 14.6. The van der Waals surface area contributed by atoms with Crippen molar-refractivity contribution in [1.29, 1.82) is 0 Å². The van der Waals surface area contributed by atoms with Crippen molar-refractivity contribution in [3.8, 4) is 22.8 Å². The molecule has 0 bridgehead atoms. The second-order valence-corrected chi connectivity index (χ2v) is 11.2. The highest BCUT2D eigenvalue weighted by atomic mass is 16.5. The lowest BCUT2D eigenvalue weighted by Gasteiger charge is -2.26. The van der Waals surface area contributed by atoms with Gasteiger partial charge in [0, 0.05) is 54.6 Å². The van der Waals surface area contributed by atoms with E-state index in [-0.39, 0.29) is 23.6 Å². The van der Waals surface area contributed by atoms with Crippen molar-refractivity contribution in [2.75, 3.05) is 25.5 Å². The molecule has 4 heterocycles. The van der Waals surface area contributed by atoms with Gasteiger partial charge in [-0.25, -0.2) is 14.5 Å². The third kappa shape index (κ3) is 5.36. The van der Waals surface area contributed by atoms with Crippen molar-refractivity contribution in [1.82, 2.24) is 19.5 Å². The first-order chi connectivity index (χ1) is 20.4. The van der Waals surface area contributed by atoms with Crippen LogP contribution in [-0.2, 0) is 11.2 Å². The SMILES string of the molecule is CCc1cc(O)ccc1N=C(N)c1cnn2cc(-c3cnc(OC)cc3C)cc2c1NC[C@@H]1CCCN1C(=O)C1CC1. The van der Waals surface area contributed by atoms with Gasteiger partial charge in [0.2, 0.25) is 11.8 Å². The fraction of sp³-hybridized carbons (Fsp3) is 0.375. The maximum Gasteiger partial charge on any atom is 0.225 e. The monoisotopic (exact) mass is 567 g/mol. The molecule has 1 atom stereocenters. The number of methoxy groups -OCH3 is 1. The maximum absolute atomic E-state index is 13.0. The van der Waals surface area contributed by atoms with Crippen LogP contribution in [0, 0.1) is 12.8 Å². The highest BCUT2D eigenvalue weighted by Gasteiger charge is 2.38. The number of nitrogens with zero attached hydrogens (tertiary/aromatic N) is 5. The molecule has 3 aromatic heterocycles. The molecule has 0 spiro atoms. The van der Waals surface area contributed by atoms with Crippen molar-refractivity contribution in [3.63, 3.8) is 0 Å². The summed E-state index contributed by atoms with van der Waals surface area (Å²) in [6, 6.07) is 9.19. The summed E-state index contributed by atoms with van der Waals surface area (Å²) in [4.78, 5) is 24.2. The lowest BCUT2D eigenvalue weighted by molar-refractivity contribution is -0.133. The average Bonchev–Trinajstić information content (AvgIpc) is 3.58. The zero-order valence-electron chi connectivity index (χ0n) is 24.3. The van der Waals surface area contributed by atoms with Gasteiger partial charge in [-0.1, -0.05) is 6.92 Å². The number of hydrogen-bond donors (Lipinski definition) is 3. The maximum atomic E-state index is 13.0. The van der Waals surface area contributed by atoms with Crippen molar-refractivity contribution >= 4 is 28.6 Å². The van der Waals surface area contributed by atoms with Gasteiger partial charge >= 0.3 is 0 Å². The number of phenols is 1. The molecule has 0 unspecified atom stereocenters. The zero-order valence-corrected chi connectivity index (χ0v) is 24.3. The summed E-state index contributed by atoms with van der Waals surface area (Å²) in [7, 11) is 1.61. The molecule has 42 heavy (non-hydrogen) atoms. The van der Waals surface area contributed by atoms with Gasteiger partial charge in [0.05, 0.1) is 35.8 Å². The number of hydrogen-bond acceptors (Lipinski definition) is 7. The van der Waals surface area contributed by atoms with E-state index in [2.05, 4.69) is 21.3 Å². The summed E-state index contributed by atoms with van der Waals surface area (Å²) in [5.74, 6) is 1.56. The Morgan fingerprint density at radius 3 is 2.79 bits per heavy atom. The summed E-state index contributed by atoms with van der Waals surface area (Å²) in [5.41, 5.74) is 13.6. The summed E-state index contributed by atoms with van der Waals surface area (Å²) in [6.07, 6.45) is 10.2. The van der Waals surface area contributed by atoms with E-state index in [0.717, 1.165) is 65.7 Å². The van der Waals surface area contributed by atoms with Crippen LogP contribution >= 0.6 is 0 Å². The Balaban J connectivity index is 1.40. The number of likely N-dealkylation sites (tertiary alicyclic amines) is 1. The lowest BCUT2D eigenvalue weighted by Crippen LogP contribution is -2.40. The van der Waals surface area contributed by atoms with Gasteiger partial charge < -0.3 is 25.8 Å². The van der Waals surface area contributed by atoms with Crippen molar-refractivity contribution < 1.29 is 14.6 Å². The molecule has 6 rings (SSSR count). The van der Waals surface area contributed by atoms with Crippen molar-refractivity contribution in [2.45, 2.75) is 52.0 Å². The fourth-order valence-corrected chi connectivity index (χ4v) is 5.80. The molecule has 4 N–H and O–H groups in total. The van der Waals surface area contributed by atoms with Crippen LogP contribution in [0.4, 0.5) is 11.4 Å². The number of pyridine rings is 1. The van der Waals surface area contributed by atoms with E-state index in [1.165, 1.54) is 0 Å². The van der Waals surface area contributed by atoms with Gasteiger partial charge in [-0.15, -0.1) is 0 Å². The van der Waals surface area contributed by atoms with E-state index in [1.54, 1.807) is 31.5 Å². The molecule has 1 aliphatic heterocycles. The second kappa shape index (κ2) is 11.3. The molecule has 2 aliphatic rings. The number of aromatic nitrogens is 3. The number of fused-ring (bicyclic) bond motifs is 1. The van der Waals surface area contributed by atoms with Gasteiger partial charge in [0.25, 0.3) is 0 Å². The largest absolute Gasteiger partial charge is 0.508 e. The molecule has 10 heteroatoms. The molecule has 2 fully saturated rings. The minimum absolute atomic E-state index is 0.114. The third-order valence-electron chi connectivity index (χ3n) is 8.31. The fourth-order valence-electron chi connectivity index (χ4n) is 5.80. The van der Waals surface area contributed by atoms with Crippen LogP contribution in [0.15, 0.2) is 53.9 Å². The first-order valence-corrected chi connectivity index (χ1v) is 14.6. The van der Waals surface area contributed by atoms with Crippen LogP contribution in [0.3, 0.4) is 0 Å². The first kappa shape index (κ1) is 27.6. The Morgan fingerprint density at radius 1 is 1.21 bits per heavy atom. The highest BCUT2D eigenvalue weighted by molar-refractivity contribution is 6.06. The van der Waals surface area contributed by atoms with Gasteiger partial charge in [-0.3, -0.25) is 4.79 Å². The van der Waals surface area contributed by atoms with Crippen molar-refractivity contribution in [3.05, 3.63) is 65.6 Å². The van der Waals surface area contributed by atoms with Gasteiger partial charge in [-0.2, -0.15) is 5.10 Å². The van der Waals surface area contributed by atoms with Crippen LogP contribution in [0.2, 0.25) is 0 Å². The number of nitrogens with one attached hydrogen (secondary N) is 1. The van der Waals surface area contributed by atoms with Gasteiger partial charge in [-0.05, 0) is 74.4 Å². The third-order valence-corrected chi connectivity index (χ3v) is 8.31. The number of aliphatic imine (C=N–C) groups is 1. The van der Waals surface area contributed by atoms with E-state index in [1.807, 2.05) is 36.8 Å². The zero-order chi connectivity index (χ0) is 29.4. The number of amides is 1. The predicted octanol–water partition coefficient (Wildman–Crippen LogP) is 4.83. The Hall–Kier alpha value is -4.60. The normalized spacial score (nSPS) is 17.2. The summed E-state index contributed by atoms with van der Waals surface area (Å²) < 4.78 is 7.13. The molecule has 0 radical (unpaired) electrons. The number of amidine groups is 1. The molecule has 1 aromatic carbocycles. The number of ether oxygens (including phenoxy) is 1. The van der Waals surface area contributed by atoms with E-state index in [0.29, 0.717) is 35.9 Å². The number of carbonyl (C=O) groups is 1. The molecule has 4 aromatic rings. The van der Waals surface area contributed by atoms with Crippen LogP contribution in [0.1, 0.15) is 49.3 Å². The van der Waals surface area contributed by atoms with Crippen LogP contribution < -0.4 is 15.8 Å². The molecule has 10 nitrogen and oxygen atoms in total. The van der Waals surface area contributed by atoms with E-state index in [9.17, 15) is 9.90 Å². The molecule has 1 aliphatic carbocycles. The van der Waals surface area contributed by atoms with Crippen molar-refractivity contribution in [2.24, 2.45) is 16.6 Å². The quantitative estimate of drug-likeness (QED) is 0.195. The molecule has 1 amide bonds. The van der Waals surface area contributed by atoms with Gasteiger partial charge in [0.1, 0.15) is 11.6 Å². The van der Waals surface area contributed by atoms with Crippen LogP contribution in [0.25, 0.3) is 16.6 Å². The number of phenolic OH excluding ortho intramolecular Hbond substituents is 1. The average molecular weight is 568 g/mol. The lowest BCUT2D eigenvalue weighted by atomic mass is 10.1. The summed E-state index contributed by atoms with van der Waals surface area (Å²) in [6.45, 7) is 5.45.